The van der Waals surface area contributed by atoms with Gasteiger partial charge in [0, 0.05) is 0 Å². The SMILES string of the molecule is CCCN(C)CC(=O)Nc1ccccc1N.Cl.Cl. The molecular formula is C12H21Cl2N3O. The first-order valence-electron chi connectivity index (χ1n) is 5.46. The Labute approximate surface area is 121 Å². The van der Waals surface area contributed by atoms with Crippen LogP contribution in [-0.2, 0) is 4.79 Å². The number of likely N-dealkylation sites (N-methyl/N-ethyl adjacent to an activating group) is 1. The van der Waals surface area contributed by atoms with Crippen LogP contribution in [0.15, 0.2) is 24.3 Å². The van der Waals surface area contributed by atoms with Gasteiger partial charge < -0.3 is 11.1 Å². The summed E-state index contributed by atoms with van der Waals surface area (Å²) >= 11 is 0. The van der Waals surface area contributed by atoms with Gasteiger partial charge in [-0.05, 0) is 32.1 Å². The van der Waals surface area contributed by atoms with Gasteiger partial charge >= 0.3 is 0 Å². The van der Waals surface area contributed by atoms with Crippen LogP contribution >= 0.6 is 24.8 Å². The summed E-state index contributed by atoms with van der Waals surface area (Å²) in [4.78, 5) is 13.6. The minimum absolute atomic E-state index is 0. The largest absolute Gasteiger partial charge is 0.397 e. The predicted octanol–water partition coefficient (Wildman–Crippen LogP) is 2.39. The summed E-state index contributed by atoms with van der Waals surface area (Å²) in [6, 6.07) is 7.26. The summed E-state index contributed by atoms with van der Waals surface area (Å²) in [7, 11) is 1.93. The summed E-state index contributed by atoms with van der Waals surface area (Å²) < 4.78 is 0. The lowest BCUT2D eigenvalue weighted by atomic mass is 10.2. The van der Waals surface area contributed by atoms with Gasteiger partial charge in [0.15, 0.2) is 0 Å². The lowest BCUT2D eigenvalue weighted by molar-refractivity contribution is -0.117. The van der Waals surface area contributed by atoms with Crippen molar-refractivity contribution in [1.29, 1.82) is 0 Å². The minimum atomic E-state index is -0.0335. The van der Waals surface area contributed by atoms with Gasteiger partial charge in [0.2, 0.25) is 5.91 Å². The van der Waals surface area contributed by atoms with Gasteiger partial charge in [-0.3, -0.25) is 9.69 Å². The first kappa shape index (κ1) is 19.4. The number of hydrogen-bond donors (Lipinski definition) is 2. The number of para-hydroxylation sites is 2. The van der Waals surface area contributed by atoms with E-state index in [2.05, 4.69) is 12.2 Å². The van der Waals surface area contributed by atoms with E-state index in [1.807, 2.05) is 24.1 Å². The maximum Gasteiger partial charge on any atom is 0.238 e. The Bertz CT molecular complexity index is 361. The molecule has 1 aromatic carbocycles. The lowest BCUT2D eigenvalue weighted by Gasteiger charge is -2.15. The van der Waals surface area contributed by atoms with Gasteiger partial charge in [0.1, 0.15) is 0 Å². The van der Waals surface area contributed by atoms with Crippen molar-refractivity contribution in [3.05, 3.63) is 24.3 Å². The molecule has 0 spiro atoms. The molecule has 0 unspecified atom stereocenters. The fraction of sp³-hybridized carbons (Fsp3) is 0.417. The highest BCUT2D eigenvalue weighted by Crippen LogP contribution is 2.16. The van der Waals surface area contributed by atoms with Crippen molar-refractivity contribution in [3.63, 3.8) is 0 Å². The fourth-order valence-corrected chi connectivity index (χ4v) is 1.51. The number of nitrogens with zero attached hydrogens (tertiary/aromatic N) is 1. The number of nitrogens with one attached hydrogen (secondary N) is 1. The predicted molar refractivity (Wildman–Crippen MR) is 81.8 cm³/mol. The van der Waals surface area contributed by atoms with Crippen LogP contribution in [-0.4, -0.2) is 30.9 Å². The zero-order valence-electron chi connectivity index (χ0n) is 10.7. The highest BCUT2D eigenvalue weighted by atomic mass is 35.5. The van der Waals surface area contributed by atoms with Gasteiger partial charge in [-0.2, -0.15) is 0 Å². The molecule has 0 aliphatic carbocycles. The van der Waals surface area contributed by atoms with Gasteiger partial charge in [0.25, 0.3) is 0 Å². The number of nitrogen functional groups attached to an aromatic ring is 1. The number of amides is 1. The zero-order valence-corrected chi connectivity index (χ0v) is 12.3. The van der Waals surface area contributed by atoms with Crippen LogP contribution in [0.5, 0.6) is 0 Å². The molecular weight excluding hydrogens is 273 g/mol. The van der Waals surface area contributed by atoms with Crippen LogP contribution in [0.4, 0.5) is 11.4 Å². The maximum atomic E-state index is 11.6. The smallest absolute Gasteiger partial charge is 0.238 e. The van der Waals surface area contributed by atoms with E-state index in [0.717, 1.165) is 13.0 Å². The monoisotopic (exact) mass is 293 g/mol. The number of carbonyl (C=O) groups excluding carboxylic acids is 1. The van der Waals surface area contributed by atoms with E-state index >= 15 is 0 Å². The molecule has 0 saturated carbocycles. The third kappa shape index (κ3) is 6.69. The van der Waals surface area contributed by atoms with Crippen molar-refractivity contribution in [2.75, 3.05) is 31.2 Å². The van der Waals surface area contributed by atoms with Gasteiger partial charge in [-0.25, -0.2) is 0 Å². The molecule has 0 radical (unpaired) electrons. The number of anilines is 2. The molecule has 0 saturated heterocycles. The van der Waals surface area contributed by atoms with E-state index in [1.165, 1.54) is 0 Å². The van der Waals surface area contributed by atoms with Crippen LogP contribution < -0.4 is 11.1 Å². The molecule has 0 fully saturated rings. The fourth-order valence-electron chi connectivity index (χ4n) is 1.51. The summed E-state index contributed by atoms with van der Waals surface area (Å²) in [6.45, 7) is 3.39. The third-order valence-corrected chi connectivity index (χ3v) is 2.25. The molecule has 6 heteroatoms. The average molecular weight is 294 g/mol. The molecule has 1 amide bonds. The van der Waals surface area contributed by atoms with E-state index in [1.54, 1.807) is 12.1 Å². The number of hydrogen-bond acceptors (Lipinski definition) is 3. The Hall–Kier alpha value is -0.970. The van der Waals surface area contributed by atoms with Gasteiger partial charge in [-0.15, -0.1) is 24.8 Å². The molecule has 4 nitrogen and oxygen atoms in total. The van der Waals surface area contributed by atoms with Crippen molar-refractivity contribution < 1.29 is 4.79 Å². The molecule has 104 valence electrons. The summed E-state index contributed by atoms with van der Waals surface area (Å²) in [5, 5.41) is 2.79. The van der Waals surface area contributed by atoms with Crippen LogP contribution in [0.2, 0.25) is 0 Å². The number of benzene rings is 1. The molecule has 0 aliphatic rings. The Balaban J connectivity index is 0. The molecule has 1 rings (SSSR count). The molecule has 0 aliphatic heterocycles. The van der Waals surface area contributed by atoms with Gasteiger partial charge in [0.05, 0.1) is 17.9 Å². The second-order valence-corrected chi connectivity index (χ2v) is 3.87. The summed E-state index contributed by atoms with van der Waals surface area (Å²) in [6.07, 6.45) is 1.04. The van der Waals surface area contributed by atoms with E-state index in [-0.39, 0.29) is 30.7 Å². The van der Waals surface area contributed by atoms with E-state index < -0.39 is 0 Å². The average Bonchev–Trinajstić information content (AvgIpc) is 2.21. The highest BCUT2D eigenvalue weighted by Gasteiger charge is 2.07. The second-order valence-electron chi connectivity index (χ2n) is 3.87. The number of rotatable bonds is 5. The maximum absolute atomic E-state index is 11.6. The molecule has 0 heterocycles. The van der Waals surface area contributed by atoms with Crippen LogP contribution in [0.3, 0.4) is 0 Å². The van der Waals surface area contributed by atoms with Gasteiger partial charge in [-0.1, -0.05) is 19.1 Å². The first-order valence-corrected chi connectivity index (χ1v) is 5.46. The van der Waals surface area contributed by atoms with Crippen LogP contribution in [0.25, 0.3) is 0 Å². The molecule has 0 bridgehead atoms. The topological polar surface area (TPSA) is 58.4 Å². The van der Waals surface area contributed by atoms with E-state index in [0.29, 0.717) is 17.9 Å². The van der Waals surface area contributed by atoms with Crippen molar-refractivity contribution in [2.24, 2.45) is 0 Å². The van der Waals surface area contributed by atoms with Crippen molar-refractivity contribution in [1.82, 2.24) is 4.90 Å². The second kappa shape index (κ2) is 10.00. The molecule has 18 heavy (non-hydrogen) atoms. The van der Waals surface area contributed by atoms with E-state index in [4.69, 9.17) is 5.73 Å². The normalized spacial score (nSPS) is 9.28. The van der Waals surface area contributed by atoms with Crippen molar-refractivity contribution in [2.45, 2.75) is 13.3 Å². The number of halogens is 2. The van der Waals surface area contributed by atoms with E-state index in [9.17, 15) is 4.79 Å². The molecule has 1 aromatic rings. The summed E-state index contributed by atoms with van der Waals surface area (Å²) in [5.74, 6) is -0.0335. The quantitative estimate of drug-likeness (QED) is 0.820. The molecule has 0 aromatic heterocycles. The standard InChI is InChI=1S/C12H19N3O.2ClH/c1-3-8-15(2)9-12(16)14-11-7-5-4-6-10(11)13;;/h4-7H,3,8-9,13H2,1-2H3,(H,14,16);2*1H. The minimum Gasteiger partial charge on any atom is -0.397 e. The zero-order chi connectivity index (χ0) is 12.0. The molecule has 3 N–H and O–H groups in total. The third-order valence-electron chi connectivity index (χ3n) is 2.25. The van der Waals surface area contributed by atoms with Crippen molar-refractivity contribution in [3.8, 4) is 0 Å². The Morgan fingerprint density at radius 1 is 1.33 bits per heavy atom. The van der Waals surface area contributed by atoms with Crippen LogP contribution in [0.1, 0.15) is 13.3 Å². The Kier molecular flexibility index (Phi) is 10.8. The number of carbonyl (C=O) groups is 1. The first-order chi connectivity index (χ1) is 7.63. The van der Waals surface area contributed by atoms with Crippen LogP contribution in [0, 0.1) is 0 Å². The highest BCUT2D eigenvalue weighted by molar-refractivity contribution is 5.95. The number of nitrogens with two attached hydrogens (primary N) is 1. The summed E-state index contributed by atoms with van der Waals surface area (Å²) in [5.41, 5.74) is 7.00. The van der Waals surface area contributed by atoms with Crippen molar-refractivity contribution >= 4 is 42.1 Å². The molecule has 0 atom stereocenters. The lowest BCUT2D eigenvalue weighted by Crippen LogP contribution is -2.30. The Morgan fingerprint density at radius 3 is 2.50 bits per heavy atom. The Morgan fingerprint density at radius 2 is 1.94 bits per heavy atom.